The maximum absolute atomic E-state index is 11.6. The van der Waals surface area contributed by atoms with Crippen molar-refractivity contribution in [2.45, 2.75) is 25.3 Å². The topological polar surface area (TPSA) is 75.8 Å². The minimum atomic E-state index is -0.529. The van der Waals surface area contributed by atoms with Crippen LogP contribution in [0.2, 0.25) is 0 Å². The van der Waals surface area contributed by atoms with Gasteiger partial charge in [0.2, 0.25) is 0 Å². The van der Waals surface area contributed by atoms with Crippen LogP contribution in [0.15, 0.2) is 18.2 Å². The second kappa shape index (κ2) is 5.19. The third-order valence-electron chi connectivity index (χ3n) is 3.56. The molecule has 1 aliphatic rings. The first-order valence-electron chi connectivity index (χ1n) is 6.39. The molecule has 0 saturated heterocycles. The molecular weight excluding hydrogens is 244 g/mol. The highest BCUT2D eigenvalue weighted by atomic mass is 16.5. The molecule has 1 amide bonds. The molecule has 3 N–H and O–H groups in total. The van der Waals surface area contributed by atoms with Gasteiger partial charge in [-0.15, -0.1) is 0 Å². The van der Waals surface area contributed by atoms with E-state index in [0.717, 1.165) is 11.3 Å². The third kappa shape index (κ3) is 2.72. The molecule has 1 unspecified atom stereocenters. The van der Waals surface area contributed by atoms with Gasteiger partial charge in [-0.1, -0.05) is 6.07 Å². The van der Waals surface area contributed by atoms with Crippen molar-refractivity contribution in [3.05, 3.63) is 23.8 Å². The van der Waals surface area contributed by atoms with E-state index in [1.807, 2.05) is 25.1 Å². The molecule has 0 saturated carbocycles. The Hall–Kier alpha value is -1.59. The van der Waals surface area contributed by atoms with Gasteiger partial charge in [0.25, 0.3) is 5.91 Å². The van der Waals surface area contributed by atoms with Crippen molar-refractivity contribution >= 4 is 11.6 Å². The first-order valence-corrected chi connectivity index (χ1v) is 6.39. The Morgan fingerprint density at radius 3 is 2.95 bits per heavy atom. The van der Waals surface area contributed by atoms with Crippen molar-refractivity contribution in [2.24, 2.45) is 5.73 Å². The molecule has 1 aliphatic heterocycles. The quantitative estimate of drug-likeness (QED) is 0.850. The first-order chi connectivity index (χ1) is 8.95. The molecule has 0 aromatic heterocycles. The largest absolute Gasteiger partial charge is 0.482 e. The summed E-state index contributed by atoms with van der Waals surface area (Å²) in [4.78, 5) is 13.2. The van der Waals surface area contributed by atoms with Gasteiger partial charge in [0, 0.05) is 19.2 Å². The monoisotopic (exact) mass is 264 g/mol. The van der Waals surface area contributed by atoms with E-state index in [9.17, 15) is 4.79 Å². The maximum Gasteiger partial charge on any atom is 0.264 e. The number of nitrogens with zero attached hydrogens (tertiary/aromatic N) is 1. The number of benzene rings is 1. The second-order valence-electron chi connectivity index (χ2n) is 5.17. The molecule has 0 radical (unpaired) electrons. The smallest absolute Gasteiger partial charge is 0.264 e. The van der Waals surface area contributed by atoms with Crippen LogP contribution in [0.4, 0.5) is 5.69 Å². The summed E-state index contributed by atoms with van der Waals surface area (Å²) in [5, 5.41) is 8.92. The summed E-state index contributed by atoms with van der Waals surface area (Å²) in [5.74, 6) is 0.627. The second-order valence-corrected chi connectivity index (χ2v) is 5.17. The number of hydrogen-bond donors (Lipinski definition) is 2. The molecule has 1 heterocycles. The van der Waals surface area contributed by atoms with E-state index in [2.05, 4.69) is 0 Å². The molecule has 1 aromatic rings. The minimum Gasteiger partial charge on any atom is -0.482 e. The number of carbonyl (C=O) groups is 1. The van der Waals surface area contributed by atoms with E-state index in [4.69, 9.17) is 15.6 Å². The Balaban J connectivity index is 2.32. The lowest BCUT2D eigenvalue weighted by molar-refractivity contribution is -0.120. The van der Waals surface area contributed by atoms with Crippen molar-refractivity contribution < 1.29 is 14.6 Å². The molecule has 5 heteroatoms. The van der Waals surface area contributed by atoms with Crippen molar-refractivity contribution in [2.75, 3.05) is 25.2 Å². The van der Waals surface area contributed by atoms with E-state index in [1.54, 1.807) is 11.9 Å². The molecule has 19 heavy (non-hydrogen) atoms. The SMILES string of the molecule is CN1C(=O)COc2ccc(C(C)(N)CCCO)cc21. The molecule has 0 bridgehead atoms. The summed E-state index contributed by atoms with van der Waals surface area (Å²) in [6.07, 6.45) is 1.33. The molecule has 0 spiro atoms. The summed E-state index contributed by atoms with van der Waals surface area (Å²) < 4.78 is 5.38. The van der Waals surface area contributed by atoms with Crippen LogP contribution in [0.3, 0.4) is 0 Å². The lowest BCUT2D eigenvalue weighted by Crippen LogP contribution is -2.37. The normalized spacial score (nSPS) is 17.7. The van der Waals surface area contributed by atoms with Gasteiger partial charge >= 0.3 is 0 Å². The van der Waals surface area contributed by atoms with Crippen LogP contribution >= 0.6 is 0 Å². The van der Waals surface area contributed by atoms with Gasteiger partial charge in [-0.3, -0.25) is 4.79 Å². The molecule has 104 valence electrons. The van der Waals surface area contributed by atoms with E-state index in [-0.39, 0.29) is 19.1 Å². The highest BCUT2D eigenvalue weighted by Crippen LogP contribution is 2.35. The van der Waals surface area contributed by atoms with Crippen LogP contribution < -0.4 is 15.4 Å². The lowest BCUT2D eigenvalue weighted by Gasteiger charge is -2.30. The number of likely N-dealkylation sites (N-methyl/N-ethyl adjacent to an activating group) is 1. The summed E-state index contributed by atoms with van der Waals surface area (Å²) >= 11 is 0. The number of rotatable bonds is 4. The van der Waals surface area contributed by atoms with Crippen LogP contribution in [0.5, 0.6) is 5.75 Å². The predicted molar refractivity (Wildman–Crippen MR) is 73.2 cm³/mol. The van der Waals surface area contributed by atoms with Crippen LogP contribution in [-0.4, -0.2) is 31.3 Å². The Kier molecular flexibility index (Phi) is 3.78. The molecule has 5 nitrogen and oxygen atoms in total. The predicted octanol–water partition coefficient (Wildman–Crippen LogP) is 0.988. The fraction of sp³-hybridized carbons (Fsp3) is 0.500. The highest BCUT2D eigenvalue weighted by Gasteiger charge is 2.26. The fourth-order valence-electron chi connectivity index (χ4n) is 2.22. The van der Waals surface area contributed by atoms with Gasteiger partial charge in [-0.2, -0.15) is 0 Å². The number of fused-ring (bicyclic) bond motifs is 1. The van der Waals surface area contributed by atoms with Crippen LogP contribution in [0, 0.1) is 0 Å². The van der Waals surface area contributed by atoms with Crippen molar-refractivity contribution in [1.29, 1.82) is 0 Å². The van der Waals surface area contributed by atoms with E-state index >= 15 is 0 Å². The average Bonchev–Trinajstić information content (AvgIpc) is 2.40. The Bertz CT molecular complexity index is 486. The average molecular weight is 264 g/mol. The third-order valence-corrected chi connectivity index (χ3v) is 3.56. The van der Waals surface area contributed by atoms with E-state index in [0.29, 0.717) is 18.6 Å². The van der Waals surface area contributed by atoms with Gasteiger partial charge in [0.15, 0.2) is 6.61 Å². The number of ether oxygens (including phenoxy) is 1. The van der Waals surface area contributed by atoms with Crippen molar-refractivity contribution in [3.8, 4) is 5.75 Å². The van der Waals surface area contributed by atoms with Crippen LogP contribution in [0.25, 0.3) is 0 Å². The van der Waals surface area contributed by atoms with Crippen LogP contribution in [0.1, 0.15) is 25.3 Å². The summed E-state index contributed by atoms with van der Waals surface area (Å²) in [5.41, 5.74) is 7.43. The minimum absolute atomic E-state index is 0.0706. The molecule has 1 aromatic carbocycles. The maximum atomic E-state index is 11.6. The standard InChI is InChI=1S/C14H20N2O3/c1-14(15,6-3-7-17)10-4-5-12-11(8-10)16(2)13(18)9-19-12/h4-5,8,17H,3,6-7,9,15H2,1-2H3. The highest BCUT2D eigenvalue weighted by molar-refractivity contribution is 5.97. The van der Waals surface area contributed by atoms with Gasteiger partial charge < -0.3 is 20.5 Å². The lowest BCUT2D eigenvalue weighted by atomic mass is 9.88. The zero-order valence-corrected chi connectivity index (χ0v) is 11.3. The number of hydrogen-bond acceptors (Lipinski definition) is 4. The number of aliphatic hydroxyl groups is 1. The number of nitrogens with two attached hydrogens (primary N) is 1. The van der Waals surface area contributed by atoms with E-state index in [1.165, 1.54) is 0 Å². The first kappa shape index (κ1) is 13.8. The number of amides is 1. The number of aliphatic hydroxyl groups excluding tert-OH is 1. The fourth-order valence-corrected chi connectivity index (χ4v) is 2.22. The van der Waals surface area contributed by atoms with Gasteiger partial charge in [0.1, 0.15) is 5.75 Å². The van der Waals surface area contributed by atoms with Gasteiger partial charge in [-0.05, 0) is 37.5 Å². The molecule has 2 rings (SSSR count). The molecule has 1 atom stereocenters. The zero-order valence-electron chi connectivity index (χ0n) is 11.3. The van der Waals surface area contributed by atoms with Gasteiger partial charge in [-0.25, -0.2) is 0 Å². The molecular formula is C14H20N2O3. The molecule has 0 aliphatic carbocycles. The summed E-state index contributed by atoms with van der Waals surface area (Å²) in [6, 6.07) is 5.65. The van der Waals surface area contributed by atoms with Crippen molar-refractivity contribution in [1.82, 2.24) is 0 Å². The number of anilines is 1. The van der Waals surface area contributed by atoms with Crippen LogP contribution in [-0.2, 0) is 10.3 Å². The Morgan fingerprint density at radius 1 is 1.53 bits per heavy atom. The Morgan fingerprint density at radius 2 is 2.26 bits per heavy atom. The molecule has 0 fully saturated rings. The van der Waals surface area contributed by atoms with Gasteiger partial charge in [0.05, 0.1) is 5.69 Å². The van der Waals surface area contributed by atoms with Crippen molar-refractivity contribution in [3.63, 3.8) is 0 Å². The van der Waals surface area contributed by atoms with E-state index < -0.39 is 5.54 Å². The summed E-state index contributed by atoms with van der Waals surface area (Å²) in [7, 11) is 1.73. The zero-order chi connectivity index (χ0) is 14.0. The number of carbonyl (C=O) groups excluding carboxylic acids is 1. The Labute approximate surface area is 113 Å². The summed E-state index contributed by atoms with van der Waals surface area (Å²) in [6.45, 7) is 2.13.